The molecule has 4 atom stereocenters. The lowest BCUT2D eigenvalue weighted by molar-refractivity contribution is -0.142. The topological polar surface area (TPSA) is 254 Å². The zero-order chi connectivity index (χ0) is 30.5. The molecule has 226 valence electrons. The summed E-state index contributed by atoms with van der Waals surface area (Å²) < 4.78 is 0. The van der Waals surface area contributed by atoms with Gasteiger partial charge in [0.2, 0.25) is 17.7 Å². The highest BCUT2D eigenvalue weighted by atomic mass is 16.4. The molecule has 0 saturated carbocycles. The van der Waals surface area contributed by atoms with Crippen molar-refractivity contribution < 1.29 is 29.4 Å². The third kappa shape index (κ3) is 10.0. The number of rotatable bonds is 17. The summed E-state index contributed by atoms with van der Waals surface area (Å²) >= 11 is 0. The van der Waals surface area contributed by atoms with Gasteiger partial charge in [-0.05, 0) is 49.9 Å². The first-order valence-electron chi connectivity index (χ1n) is 13.5. The second-order valence-electron chi connectivity index (χ2n) is 9.85. The summed E-state index contributed by atoms with van der Waals surface area (Å²) in [5, 5.41) is 27.0. The quantitative estimate of drug-likeness (QED) is 0.0863. The van der Waals surface area contributed by atoms with E-state index in [-0.39, 0.29) is 31.4 Å². The van der Waals surface area contributed by atoms with Crippen molar-refractivity contribution in [3.63, 3.8) is 0 Å². The monoisotopic (exact) mass is 583 g/mol. The van der Waals surface area contributed by atoms with Crippen LogP contribution in [0.3, 0.4) is 0 Å². The van der Waals surface area contributed by atoms with Crippen LogP contribution in [0.2, 0.25) is 0 Å². The lowest BCUT2D eigenvalue weighted by Gasteiger charge is -2.25. The number of nitrogens with one attached hydrogen (secondary N) is 5. The van der Waals surface area contributed by atoms with Gasteiger partial charge in [0.1, 0.15) is 23.9 Å². The minimum Gasteiger partial charge on any atom is -0.508 e. The Kier molecular flexibility index (Phi) is 12.0. The molecule has 3 aromatic rings. The molecule has 0 saturated heterocycles. The minimum atomic E-state index is -1.29. The van der Waals surface area contributed by atoms with Crippen molar-refractivity contribution in [2.45, 2.75) is 62.7 Å². The Labute approximate surface area is 241 Å². The average molecular weight is 584 g/mol. The van der Waals surface area contributed by atoms with E-state index in [1.807, 2.05) is 0 Å². The highest BCUT2D eigenvalue weighted by Gasteiger charge is 2.31. The maximum absolute atomic E-state index is 13.4. The first-order chi connectivity index (χ1) is 20.2. The van der Waals surface area contributed by atoms with Crippen LogP contribution in [0.25, 0.3) is 0 Å². The number of hydrogen-bond donors (Lipinski definition) is 9. The summed E-state index contributed by atoms with van der Waals surface area (Å²) in [6.45, 7) is 0.389. The number of carboxylic acid groups (broad SMARTS) is 1. The van der Waals surface area contributed by atoms with Crippen molar-refractivity contribution in [2.75, 3.05) is 6.54 Å². The van der Waals surface area contributed by atoms with Gasteiger partial charge in [0.15, 0.2) is 0 Å². The predicted molar refractivity (Wildman–Crippen MR) is 151 cm³/mol. The second kappa shape index (κ2) is 15.9. The summed E-state index contributed by atoms with van der Waals surface area (Å²) in [7, 11) is 0. The van der Waals surface area contributed by atoms with E-state index in [0.717, 1.165) is 5.56 Å². The Balaban J connectivity index is 1.72. The van der Waals surface area contributed by atoms with Crippen LogP contribution >= 0.6 is 0 Å². The van der Waals surface area contributed by atoms with E-state index in [0.29, 0.717) is 30.8 Å². The zero-order valence-electron chi connectivity index (χ0n) is 23.0. The molecule has 3 rings (SSSR count). The molecule has 0 fully saturated rings. The summed E-state index contributed by atoms with van der Waals surface area (Å²) in [4.78, 5) is 65.0. The number of nitrogens with two attached hydrogens (primary N) is 2. The number of nitrogens with zero attached hydrogens (tertiary/aromatic N) is 2. The predicted octanol–water partition coefficient (Wildman–Crippen LogP) is -1.14. The summed E-state index contributed by atoms with van der Waals surface area (Å²) in [5.74, 6) is -3.13. The van der Waals surface area contributed by atoms with Gasteiger partial charge in [-0.1, -0.05) is 12.1 Å². The SMILES string of the molecule is NCCCCC(NC(=O)C(N)Cc1ccc(O)cc1)C(=O)NC(Cc1cnc[nH]1)C(=O)NC(Cc1cnc[nH]1)C(=O)O. The molecule has 0 radical (unpaired) electrons. The molecule has 0 aliphatic rings. The third-order valence-corrected chi connectivity index (χ3v) is 6.51. The summed E-state index contributed by atoms with van der Waals surface area (Å²) in [6.07, 6.45) is 7.19. The van der Waals surface area contributed by atoms with E-state index in [4.69, 9.17) is 11.5 Å². The first kappa shape index (κ1) is 31.8. The van der Waals surface area contributed by atoms with Crippen LogP contribution in [0.5, 0.6) is 5.75 Å². The van der Waals surface area contributed by atoms with Crippen molar-refractivity contribution >= 4 is 23.7 Å². The summed E-state index contributed by atoms with van der Waals surface area (Å²) in [5.41, 5.74) is 13.5. The number of imidazole rings is 2. The second-order valence-corrected chi connectivity index (χ2v) is 9.85. The number of aromatic hydroxyl groups is 1. The van der Waals surface area contributed by atoms with E-state index in [9.17, 15) is 29.4 Å². The molecule has 0 aliphatic carbocycles. The van der Waals surface area contributed by atoms with Gasteiger partial charge in [-0.2, -0.15) is 0 Å². The molecule has 2 aromatic heterocycles. The highest BCUT2D eigenvalue weighted by Crippen LogP contribution is 2.12. The highest BCUT2D eigenvalue weighted by molar-refractivity contribution is 5.94. The van der Waals surface area contributed by atoms with Crippen LogP contribution in [0.4, 0.5) is 0 Å². The molecule has 1 aromatic carbocycles. The number of aromatic nitrogens is 4. The molecule has 0 spiro atoms. The van der Waals surface area contributed by atoms with Crippen LogP contribution in [-0.2, 0) is 38.4 Å². The fourth-order valence-corrected chi connectivity index (χ4v) is 4.21. The molecular weight excluding hydrogens is 546 g/mol. The number of unbranched alkanes of at least 4 members (excludes halogenated alkanes) is 1. The Morgan fingerprint density at radius 2 is 1.33 bits per heavy atom. The van der Waals surface area contributed by atoms with Crippen LogP contribution in [0, 0.1) is 0 Å². The zero-order valence-corrected chi connectivity index (χ0v) is 23.0. The third-order valence-electron chi connectivity index (χ3n) is 6.51. The van der Waals surface area contributed by atoms with Gasteiger partial charge in [0.05, 0.1) is 18.7 Å². The average Bonchev–Trinajstić information content (AvgIpc) is 3.67. The van der Waals surface area contributed by atoms with Gasteiger partial charge in [-0.3, -0.25) is 14.4 Å². The number of hydrogen-bond acceptors (Lipinski definition) is 9. The number of amides is 3. The van der Waals surface area contributed by atoms with E-state index in [2.05, 4.69) is 35.9 Å². The maximum Gasteiger partial charge on any atom is 0.326 e. The molecule has 15 heteroatoms. The molecular formula is C27H37N9O6. The number of phenolic OH excluding ortho intramolecular Hbond substituents is 1. The van der Waals surface area contributed by atoms with Gasteiger partial charge in [-0.15, -0.1) is 0 Å². The smallest absolute Gasteiger partial charge is 0.326 e. The Morgan fingerprint density at radius 1 is 0.786 bits per heavy atom. The van der Waals surface area contributed by atoms with Gasteiger partial charge in [-0.25, -0.2) is 14.8 Å². The van der Waals surface area contributed by atoms with E-state index < -0.39 is 47.9 Å². The molecule has 15 nitrogen and oxygen atoms in total. The normalized spacial score (nSPS) is 13.9. The Hall–Kier alpha value is -4.76. The minimum absolute atomic E-state index is 0.0161. The van der Waals surface area contributed by atoms with Gasteiger partial charge >= 0.3 is 5.97 Å². The number of phenols is 1. The molecule has 0 aliphatic heterocycles. The molecule has 0 bridgehead atoms. The molecule has 2 heterocycles. The molecule has 4 unspecified atom stereocenters. The van der Waals surface area contributed by atoms with E-state index >= 15 is 0 Å². The fraction of sp³-hybridized carbons (Fsp3) is 0.407. The van der Waals surface area contributed by atoms with Crippen molar-refractivity contribution in [3.8, 4) is 5.75 Å². The molecule has 42 heavy (non-hydrogen) atoms. The maximum atomic E-state index is 13.4. The number of carbonyl (C=O) groups excluding carboxylic acids is 3. The van der Waals surface area contributed by atoms with Crippen LogP contribution in [0.15, 0.2) is 49.3 Å². The number of aromatic amines is 2. The number of benzene rings is 1. The standard InChI is InChI=1S/C27H37N9O6/c28-8-2-1-3-21(34-24(38)20(29)9-16-4-6-19(37)7-5-16)25(39)35-22(10-17-12-30-14-32-17)26(40)36-23(27(41)42)11-18-13-31-15-33-18/h4-7,12-15,20-23,37H,1-3,8-11,28-29H2,(H,30,32)(H,31,33)(H,34,38)(H,35,39)(H,36,40)(H,41,42). The first-order valence-corrected chi connectivity index (χ1v) is 13.5. The van der Waals surface area contributed by atoms with Crippen LogP contribution in [-0.4, -0.2) is 84.6 Å². The molecule has 3 amide bonds. The van der Waals surface area contributed by atoms with Gasteiger partial charge in [0.25, 0.3) is 0 Å². The lowest BCUT2D eigenvalue weighted by Crippen LogP contribution is -2.58. The van der Waals surface area contributed by atoms with Crippen molar-refractivity contribution in [1.82, 2.24) is 35.9 Å². The van der Waals surface area contributed by atoms with Crippen molar-refractivity contribution in [3.05, 3.63) is 66.3 Å². The lowest BCUT2D eigenvalue weighted by atomic mass is 10.0. The number of aliphatic carboxylic acids is 1. The number of carboxylic acids is 1. The number of carbonyl (C=O) groups is 4. The van der Waals surface area contributed by atoms with Crippen molar-refractivity contribution in [2.24, 2.45) is 11.5 Å². The van der Waals surface area contributed by atoms with E-state index in [1.165, 1.54) is 37.2 Å². The Bertz CT molecular complexity index is 1280. The van der Waals surface area contributed by atoms with Crippen LogP contribution in [0.1, 0.15) is 36.2 Å². The number of H-pyrrole nitrogens is 2. The largest absolute Gasteiger partial charge is 0.508 e. The van der Waals surface area contributed by atoms with Gasteiger partial charge < -0.3 is 47.6 Å². The van der Waals surface area contributed by atoms with Crippen LogP contribution < -0.4 is 27.4 Å². The fourth-order valence-electron chi connectivity index (χ4n) is 4.21. The Morgan fingerprint density at radius 3 is 1.88 bits per heavy atom. The van der Waals surface area contributed by atoms with Crippen molar-refractivity contribution in [1.29, 1.82) is 0 Å². The summed E-state index contributed by atoms with van der Waals surface area (Å²) in [6, 6.07) is 1.75. The van der Waals surface area contributed by atoms with Gasteiger partial charge in [0, 0.05) is 36.6 Å². The molecule has 11 N–H and O–H groups in total. The van der Waals surface area contributed by atoms with E-state index in [1.54, 1.807) is 12.1 Å².